The van der Waals surface area contributed by atoms with Gasteiger partial charge in [0.15, 0.2) is 0 Å². The lowest BCUT2D eigenvalue weighted by Crippen LogP contribution is -2.48. The molecule has 2 aliphatic rings. The first-order valence-corrected chi connectivity index (χ1v) is 12.3. The Bertz CT molecular complexity index is 791. The van der Waals surface area contributed by atoms with Crippen molar-refractivity contribution < 1.29 is 24.2 Å². The number of urea groups is 1. The molecule has 9 nitrogen and oxygen atoms in total. The number of likely N-dealkylation sites (tertiary alicyclic amines) is 1. The number of nitrogens with one attached hydrogen (secondary N) is 1. The molecular formula is C25H40N4O5. The van der Waals surface area contributed by atoms with Gasteiger partial charge < -0.3 is 29.7 Å². The van der Waals surface area contributed by atoms with E-state index in [1.54, 1.807) is 30.5 Å². The fourth-order valence-corrected chi connectivity index (χ4v) is 4.71. The highest BCUT2D eigenvalue weighted by molar-refractivity contribution is 5.89. The summed E-state index contributed by atoms with van der Waals surface area (Å²) in [6.07, 6.45) is 5.53. The standard InChI is InChI=1S/C25H40N4O5/c1-25(2)18-34-12-5-6-20-16-29(24(32)27-21-7-4-9-26-15-21)10-8-19(20)14-23(31)28(11-13-33-3)17-22(25)30/h4,7,9,15,19-20,22,30H,5-6,8,10-14,16-18H2,1-3H3,(H,27,32)/t19-,20-,22-/m0/s1. The third kappa shape index (κ3) is 7.38. The Hall–Kier alpha value is -2.23. The number of methoxy groups -OCH3 is 1. The van der Waals surface area contributed by atoms with Crippen LogP contribution in [-0.4, -0.2) is 91.0 Å². The van der Waals surface area contributed by atoms with Crippen LogP contribution in [0.4, 0.5) is 10.5 Å². The largest absolute Gasteiger partial charge is 0.391 e. The fourth-order valence-electron chi connectivity index (χ4n) is 4.71. The highest BCUT2D eigenvalue weighted by atomic mass is 16.5. The quantitative estimate of drug-likeness (QED) is 0.692. The highest BCUT2D eigenvalue weighted by Gasteiger charge is 2.36. The number of anilines is 1. The second kappa shape index (κ2) is 12.5. The van der Waals surface area contributed by atoms with E-state index in [1.807, 2.05) is 24.8 Å². The molecule has 0 spiro atoms. The zero-order valence-electron chi connectivity index (χ0n) is 20.7. The maximum Gasteiger partial charge on any atom is 0.321 e. The van der Waals surface area contributed by atoms with Crippen molar-refractivity contribution in [2.75, 3.05) is 58.4 Å². The van der Waals surface area contributed by atoms with Gasteiger partial charge in [0, 0.05) is 57.9 Å². The molecule has 1 aromatic rings. The van der Waals surface area contributed by atoms with Crippen molar-refractivity contribution in [3.05, 3.63) is 24.5 Å². The van der Waals surface area contributed by atoms with Crippen molar-refractivity contribution in [3.63, 3.8) is 0 Å². The second-order valence-corrected chi connectivity index (χ2v) is 10.2. The molecule has 0 bridgehead atoms. The zero-order valence-corrected chi connectivity index (χ0v) is 20.7. The van der Waals surface area contributed by atoms with Crippen molar-refractivity contribution >= 4 is 17.6 Å². The Kier molecular flexibility index (Phi) is 9.67. The van der Waals surface area contributed by atoms with E-state index < -0.39 is 11.5 Å². The van der Waals surface area contributed by atoms with E-state index in [9.17, 15) is 14.7 Å². The van der Waals surface area contributed by atoms with Crippen LogP contribution < -0.4 is 5.32 Å². The minimum absolute atomic E-state index is 0.0373. The summed E-state index contributed by atoms with van der Waals surface area (Å²) >= 11 is 0. The number of carbonyl (C=O) groups excluding carboxylic acids is 2. The predicted molar refractivity (Wildman–Crippen MR) is 129 cm³/mol. The Morgan fingerprint density at radius 2 is 2.15 bits per heavy atom. The summed E-state index contributed by atoms with van der Waals surface area (Å²) in [5, 5.41) is 13.8. The molecule has 0 unspecified atom stereocenters. The molecule has 3 amide bonds. The maximum absolute atomic E-state index is 13.3. The molecule has 0 aliphatic carbocycles. The minimum Gasteiger partial charge on any atom is -0.391 e. The number of aliphatic hydroxyl groups is 1. The van der Waals surface area contributed by atoms with Crippen LogP contribution in [0, 0.1) is 17.3 Å². The number of fused-ring (bicyclic) bond motifs is 1. The van der Waals surface area contributed by atoms with Gasteiger partial charge in [0.05, 0.1) is 31.2 Å². The molecular weight excluding hydrogens is 436 g/mol. The van der Waals surface area contributed by atoms with Crippen LogP contribution in [0.1, 0.15) is 39.5 Å². The van der Waals surface area contributed by atoms with E-state index in [1.165, 1.54) is 0 Å². The Morgan fingerprint density at radius 1 is 1.32 bits per heavy atom. The zero-order chi connectivity index (χ0) is 24.6. The first kappa shape index (κ1) is 26.4. The number of amides is 3. The van der Waals surface area contributed by atoms with Gasteiger partial charge in [0.2, 0.25) is 5.91 Å². The summed E-state index contributed by atoms with van der Waals surface area (Å²) in [4.78, 5) is 33.8. The monoisotopic (exact) mass is 476 g/mol. The van der Waals surface area contributed by atoms with E-state index >= 15 is 0 Å². The SMILES string of the molecule is COCCN1C[C@H](O)C(C)(C)COCCC[C@H]2CN(C(=O)Nc3cccnc3)CC[C@H]2CC1=O. The molecule has 0 radical (unpaired) electrons. The molecule has 3 rings (SSSR count). The van der Waals surface area contributed by atoms with Gasteiger partial charge in [-0.2, -0.15) is 0 Å². The number of aromatic nitrogens is 1. The summed E-state index contributed by atoms with van der Waals surface area (Å²) in [6, 6.07) is 3.47. The molecule has 34 heavy (non-hydrogen) atoms. The van der Waals surface area contributed by atoms with Crippen LogP contribution in [-0.2, 0) is 14.3 Å². The average molecular weight is 477 g/mol. The van der Waals surface area contributed by atoms with E-state index in [-0.39, 0.29) is 30.3 Å². The van der Waals surface area contributed by atoms with Gasteiger partial charge in [-0.15, -0.1) is 0 Å². The number of carbonyl (C=O) groups is 2. The highest BCUT2D eigenvalue weighted by Crippen LogP contribution is 2.32. The lowest BCUT2D eigenvalue weighted by Gasteiger charge is -2.39. The fraction of sp³-hybridized carbons (Fsp3) is 0.720. The summed E-state index contributed by atoms with van der Waals surface area (Å²) in [5.74, 6) is 0.435. The smallest absolute Gasteiger partial charge is 0.321 e. The summed E-state index contributed by atoms with van der Waals surface area (Å²) in [7, 11) is 1.61. The topological polar surface area (TPSA) is 104 Å². The number of hydrogen-bond donors (Lipinski definition) is 2. The molecule has 3 heterocycles. The molecule has 0 aromatic carbocycles. The van der Waals surface area contributed by atoms with Crippen molar-refractivity contribution in [1.82, 2.24) is 14.8 Å². The van der Waals surface area contributed by atoms with E-state index in [0.717, 1.165) is 19.3 Å². The second-order valence-electron chi connectivity index (χ2n) is 10.2. The number of piperidine rings is 1. The Balaban J connectivity index is 1.70. The van der Waals surface area contributed by atoms with Gasteiger partial charge >= 0.3 is 6.03 Å². The van der Waals surface area contributed by atoms with E-state index in [2.05, 4.69) is 10.3 Å². The van der Waals surface area contributed by atoms with Gasteiger partial charge in [-0.1, -0.05) is 13.8 Å². The normalized spacial score (nSPS) is 26.6. The molecule has 0 saturated carbocycles. The summed E-state index contributed by atoms with van der Waals surface area (Å²) < 4.78 is 11.1. The van der Waals surface area contributed by atoms with E-state index in [4.69, 9.17) is 9.47 Å². The van der Waals surface area contributed by atoms with Crippen LogP contribution in [0.15, 0.2) is 24.5 Å². The van der Waals surface area contributed by atoms with Gasteiger partial charge in [-0.25, -0.2) is 4.79 Å². The third-order valence-corrected chi connectivity index (χ3v) is 7.08. The van der Waals surface area contributed by atoms with Crippen molar-refractivity contribution in [2.24, 2.45) is 17.3 Å². The molecule has 2 N–H and O–H groups in total. The van der Waals surface area contributed by atoms with Crippen LogP contribution in [0.3, 0.4) is 0 Å². The molecule has 1 aromatic heterocycles. The van der Waals surface area contributed by atoms with Crippen LogP contribution >= 0.6 is 0 Å². The average Bonchev–Trinajstić information content (AvgIpc) is 2.82. The Morgan fingerprint density at radius 3 is 2.88 bits per heavy atom. The molecule has 2 fully saturated rings. The molecule has 2 saturated heterocycles. The first-order chi connectivity index (χ1) is 16.3. The van der Waals surface area contributed by atoms with Crippen molar-refractivity contribution in [3.8, 4) is 0 Å². The lowest BCUT2D eigenvalue weighted by atomic mass is 9.80. The van der Waals surface area contributed by atoms with Crippen LogP contribution in [0.25, 0.3) is 0 Å². The summed E-state index contributed by atoms with van der Waals surface area (Å²) in [5.41, 5.74) is 0.205. The molecule has 9 heteroatoms. The number of aliphatic hydroxyl groups excluding tert-OH is 1. The molecule has 3 atom stereocenters. The van der Waals surface area contributed by atoms with Gasteiger partial charge in [0.1, 0.15) is 0 Å². The number of hydrogen-bond acceptors (Lipinski definition) is 6. The summed E-state index contributed by atoms with van der Waals surface area (Å²) in [6.45, 7) is 7.29. The molecule has 2 aliphatic heterocycles. The number of nitrogens with zero attached hydrogens (tertiary/aromatic N) is 3. The predicted octanol–water partition coefficient (Wildman–Crippen LogP) is 2.61. The van der Waals surface area contributed by atoms with Crippen molar-refractivity contribution in [2.45, 2.75) is 45.6 Å². The van der Waals surface area contributed by atoms with Crippen LogP contribution in [0.2, 0.25) is 0 Å². The van der Waals surface area contributed by atoms with Gasteiger partial charge in [0.25, 0.3) is 0 Å². The third-order valence-electron chi connectivity index (χ3n) is 7.08. The van der Waals surface area contributed by atoms with Crippen LogP contribution in [0.5, 0.6) is 0 Å². The maximum atomic E-state index is 13.3. The number of ether oxygens (including phenoxy) is 2. The first-order valence-electron chi connectivity index (χ1n) is 12.3. The lowest BCUT2D eigenvalue weighted by molar-refractivity contribution is -0.137. The minimum atomic E-state index is -0.692. The number of rotatable bonds is 4. The Labute approximate surface area is 202 Å². The van der Waals surface area contributed by atoms with E-state index in [0.29, 0.717) is 51.6 Å². The van der Waals surface area contributed by atoms with Gasteiger partial charge in [-0.05, 0) is 43.2 Å². The number of β-amino-alcohol motifs (C(OH)–C–C–N with tert-alkyl or cyclic N) is 1. The van der Waals surface area contributed by atoms with Crippen molar-refractivity contribution in [1.29, 1.82) is 0 Å². The van der Waals surface area contributed by atoms with Gasteiger partial charge in [-0.3, -0.25) is 9.78 Å². The molecule has 190 valence electrons. The number of pyridine rings is 1.